The van der Waals surface area contributed by atoms with Gasteiger partial charge in [0, 0.05) is 30.1 Å². The van der Waals surface area contributed by atoms with Crippen molar-refractivity contribution in [2.75, 3.05) is 10.6 Å². The van der Waals surface area contributed by atoms with Crippen LogP contribution in [0.3, 0.4) is 0 Å². The first-order valence-corrected chi connectivity index (χ1v) is 7.08. The summed E-state index contributed by atoms with van der Waals surface area (Å²) < 4.78 is 1.31. The van der Waals surface area contributed by atoms with E-state index in [4.69, 9.17) is 0 Å². The van der Waals surface area contributed by atoms with Gasteiger partial charge in [0.05, 0.1) is 0 Å². The topological polar surface area (TPSA) is 93.1 Å². The first-order valence-electron chi connectivity index (χ1n) is 7.08. The summed E-state index contributed by atoms with van der Waals surface area (Å²) in [5.74, 6) is 0.00259. The van der Waals surface area contributed by atoms with Crippen LogP contribution in [-0.4, -0.2) is 21.4 Å². The lowest BCUT2D eigenvalue weighted by Gasteiger charge is -2.10. The van der Waals surface area contributed by atoms with E-state index in [1.807, 2.05) is 0 Å². The minimum atomic E-state index is -0.326. The molecule has 1 aromatic heterocycles. The number of nitrogens with zero attached hydrogens (tertiary/aromatic N) is 2. The van der Waals surface area contributed by atoms with Gasteiger partial charge in [0.1, 0.15) is 12.4 Å². The molecule has 1 heterocycles. The molecule has 7 heteroatoms. The monoisotopic (exact) mass is 314 g/mol. The summed E-state index contributed by atoms with van der Waals surface area (Å²) in [6, 6.07) is 8.10. The van der Waals surface area contributed by atoms with Crippen molar-refractivity contribution >= 4 is 23.2 Å². The Morgan fingerprint density at radius 1 is 1.09 bits per heavy atom. The minimum absolute atomic E-state index is 0.106. The average molecular weight is 314 g/mol. The zero-order valence-electron chi connectivity index (χ0n) is 13.2. The van der Waals surface area contributed by atoms with E-state index in [2.05, 4.69) is 15.6 Å². The van der Waals surface area contributed by atoms with Gasteiger partial charge in [-0.15, -0.1) is 0 Å². The second kappa shape index (κ2) is 6.87. The number of nitrogens with one attached hydrogen (secondary N) is 2. The van der Waals surface area contributed by atoms with Crippen molar-refractivity contribution in [2.24, 2.45) is 0 Å². The fourth-order valence-corrected chi connectivity index (χ4v) is 2.14. The molecular formula is C16H18N4O3. The molecule has 0 fully saturated rings. The summed E-state index contributed by atoms with van der Waals surface area (Å²) in [4.78, 5) is 39.1. The molecule has 0 aliphatic rings. The molecule has 0 aliphatic heterocycles. The van der Waals surface area contributed by atoms with Crippen molar-refractivity contribution in [3.05, 3.63) is 52.2 Å². The Morgan fingerprint density at radius 2 is 1.65 bits per heavy atom. The number of carbonyl (C=O) groups is 2. The normalized spacial score (nSPS) is 10.2. The van der Waals surface area contributed by atoms with E-state index in [0.29, 0.717) is 22.9 Å². The SMILES string of the molecule is CC(=O)Nc1ccc(NC(=O)Cn2c(C)nc(C)cc2=O)cc1. The third-order valence-corrected chi connectivity index (χ3v) is 3.12. The van der Waals surface area contributed by atoms with Gasteiger partial charge >= 0.3 is 0 Å². The summed E-state index contributed by atoms with van der Waals surface area (Å²) in [6.07, 6.45) is 0. The number of hydrogen-bond donors (Lipinski definition) is 2. The second-order valence-corrected chi connectivity index (χ2v) is 5.18. The van der Waals surface area contributed by atoms with Gasteiger partial charge in [-0.05, 0) is 38.1 Å². The Hall–Kier alpha value is -2.96. The molecule has 0 saturated heterocycles. The van der Waals surface area contributed by atoms with Crippen molar-refractivity contribution in [1.82, 2.24) is 9.55 Å². The number of hydrogen-bond acceptors (Lipinski definition) is 4. The van der Waals surface area contributed by atoms with Crippen LogP contribution in [0, 0.1) is 13.8 Å². The lowest BCUT2D eigenvalue weighted by Crippen LogP contribution is -2.30. The number of amides is 2. The molecule has 0 atom stereocenters. The molecule has 7 nitrogen and oxygen atoms in total. The molecule has 2 N–H and O–H groups in total. The van der Waals surface area contributed by atoms with E-state index < -0.39 is 0 Å². The fraction of sp³-hybridized carbons (Fsp3) is 0.250. The third-order valence-electron chi connectivity index (χ3n) is 3.12. The maximum atomic E-state index is 12.1. The number of anilines is 2. The van der Waals surface area contributed by atoms with Gasteiger partial charge in [-0.1, -0.05) is 0 Å². The number of aryl methyl sites for hydroxylation is 2. The smallest absolute Gasteiger partial charge is 0.254 e. The maximum Gasteiger partial charge on any atom is 0.254 e. The van der Waals surface area contributed by atoms with Crippen LogP contribution in [0.2, 0.25) is 0 Å². The Bertz CT molecular complexity index is 794. The molecule has 23 heavy (non-hydrogen) atoms. The van der Waals surface area contributed by atoms with Crippen molar-refractivity contribution in [2.45, 2.75) is 27.3 Å². The Labute approximate surface area is 133 Å². The Kier molecular flexibility index (Phi) is 4.90. The predicted molar refractivity (Wildman–Crippen MR) is 87.3 cm³/mol. The largest absolute Gasteiger partial charge is 0.326 e. The standard InChI is InChI=1S/C16H18N4O3/c1-10-8-16(23)20(11(2)17-10)9-15(22)19-14-6-4-13(5-7-14)18-12(3)21/h4-8H,9H2,1-3H3,(H,18,21)(H,19,22). The zero-order chi connectivity index (χ0) is 17.0. The van der Waals surface area contributed by atoms with Gasteiger partial charge in [-0.25, -0.2) is 4.98 Å². The third kappa shape index (κ3) is 4.50. The number of benzene rings is 1. The van der Waals surface area contributed by atoms with Crippen molar-refractivity contribution in [3.8, 4) is 0 Å². The van der Waals surface area contributed by atoms with E-state index in [0.717, 1.165) is 0 Å². The fourth-order valence-electron chi connectivity index (χ4n) is 2.14. The molecule has 0 bridgehead atoms. The molecule has 1 aromatic carbocycles. The summed E-state index contributed by atoms with van der Waals surface area (Å²) in [7, 11) is 0. The van der Waals surface area contributed by atoms with Crippen LogP contribution in [0.4, 0.5) is 11.4 Å². The van der Waals surface area contributed by atoms with Crippen molar-refractivity contribution in [3.63, 3.8) is 0 Å². The summed E-state index contributed by atoms with van der Waals surface area (Å²) >= 11 is 0. The molecule has 0 spiro atoms. The molecule has 0 radical (unpaired) electrons. The molecule has 0 aliphatic carbocycles. The minimum Gasteiger partial charge on any atom is -0.326 e. The van der Waals surface area contributed by atoms with Crippen LogP contribution < -0.4 is 16.2 Å². The summed E-state index contributed by atoms with van der Waals surface area (Å²) in [5.41, 5.74) is 1.59. The number of aromatic nitrogens is 2. The van der Waals surface area contributed by atoms with Crippen LogP contribution in [0.5, 0.6) is 0 Å². The molecule has 0 unspecified atom stereocenters. The van der Waals surface area contributed by atoms with Crippen molar-refractivity contribution in [1.29, 1.82) is 0 Å². The number of carbonyl (C=O) groups excluding carboxylic acids is 2. The van der Waals surface area contributed by atoms with Gasteiger partial charge in [0.2, 0.25) is 11.8 Å². The first-order chi connectivity index (χ1) is 10.8. The highest BCUT2D eigenvalue weighted by atomic mass is 16.2. The van der Waals surface area contributed by atoms with Crippen LogP contribution in [0.15, 0.2) is 35.1 Å². The van der Waals surface area contributed by atoms with E-state index in [1.165, 1.54) is 17.6 Å². The van der Waals surface area contributed by atoms with Gasteiger partial charge in [0.25, 0.3) is 5.56 Å². The average Bonchev–Trinajstić information content (AvgIpc) is 2.44. The van der Waals surface area contributed by atoms with Gasteiger partial charge in [0.15, 0.2) is 0 Å². The van der Waals surface area contributed by atoms with E-state index in [1.54, 1.807) is 38.1 Å². The van der Waals surface area contributed by atoms with Crippen LogP contribution in [0.1, 0.15) is 18.4 Å². The highest BCUT2D eigenvalue weighted by Crippen LogP contribution is 2.13. The Balaban J connectivity index is 2.05. The Morgan fingerprint density at radius 3 is 2.17 bits per heavy atom. The molecule has 120 valence electrons. The van der Waals surface area contributed by atoms with Gasteiger partial charge in [-0.2, -0.15) is 0 Å². The summed E-state index contributed by atoms with van der Waals surface area (Å²) in [5, 5.41) is 5.34. The molecular weight excluding hydrogens is 296 g/mol. The first kappa shape index (κ1) is 16.4. The lowest BCUT2D eigenvalue weighted by atomic mass is 10.2. The highest BCUT2D eigenvalue weighted by Gasteiger charge is 2.09. The summed E-state index contributed by atoms with van der Waals surface area (Å²) in [6.45, 7) is 4.73. The zero-order valence-corrected chi connectivity index (χ0v) is 13.2. The quantitative estimate of drug-likeness (QED) is 0.893. The second-order valence-electron chi connectivity index (χ2n) is 5.18. The number of rotatable bonds is 4. The molecule has 2 aromatic rings. The highest BCUT2D eigenvalue weighted by molar-refractivity contribution is 5.92. The van der Waals surface area contributed by atoms with Crippen LogP contribution >= 0.6 is 0 Å². The molecule has 2 amide bonds. The van der Waals surface area contributed by atoms with E-state index >= 15 is 0 Å². The van der Waals surface area contributed by atoms with E-state index in [-0.39, 0.29) is 23.9 Å². The van der Waals surface area contributed by atoms with Crippen LogP contribution in [0.25, 0.3) is 0 Å². The maximum absolute atomic E-state index is 12.1. The van der Waals surface area contributed by atoms with Gasteiger partial charge < -0.3 is 10.6 Å². The predicted octanol–water partition coefficient (Wildman–Crippen LogP) is 1.46. The lowest BCUT2D eigenvalue weighted by molar-refractivity contribution is -0.117. The molecule has 0 saturated carbocycles. The van der Waals surface area contributed by atoms with E-state index in [9.17, 15) is 14.4 Å². The molecule has 2 rings (SSSR count). The van der Waals surface area contributed by atoms with Crippen molar-refractivity contribution < 1.29 is 9.59 Å². The van der Waals surface area contributed by atoms with Gasteiger partial charge in [-0.3, -0.25) is 19.0 Å². The van der Waals surface area contributed by atoms with Crippen LogP contribution in [-0.2, 0) is 16.1 Å².